The molecule has 2 fully saturated rings. The Labute approximate surface area is 122 Å². The number of fused-ring (bicyclic) bond motifs is 1. The fourth-order valence-electron chi connectivity index (χ4n) is 3.58. The molecular weight excluding hydrogens is 248 g/mol. The van der Waals surface area contributed by atoms with Crippen molar-refractivity contribution in [3.63, 3.8) is 0 Å². The Morgan fingerprint density at radius 3 is 3.05 bits per heavy atom. The first-order valence-electron chi connectivity index (χ1n) is 7.89. The molecular formula is C16H26N4. The summed E-state index contributed by atoms with van der Waals surface area (Å²) >= 11 is 0. The summed E-state index contributed by atoms with van der Waals surface area (Å²) in [5.74, 6) is 1.15. The van der Waals surface area contributed by atoms with Crippen molar-refractivity contribution in [3.8, 4) is 0 Å². The molecule has 0 aliphatic carbocycles. The summed E-state index contributed by atoms with van der Waals surface area (Å²) in [5.41, 5.74) is 1.13. The van der Waals surface area contributed by atoms with Crippen molar-refractivity contribution >= 4 is 5.82 Å². The van der Waals surface area contributed by atoms with E-state index in [0.29, 0.717) is 6.04 Å². The molecule has 1 aromatic heterocycles. The largest absolute Gasteiger partial charge is 0.351 e. The highest BCUT2D eigenvalue weighted by molar-refractivity contribution is 5.41. The van der Waals surface area contributed by atoms with Crippen molar-refractivity contribution in [1.29, 1.82) is 0 Å². The van der Waals surface area contributed by atoms with Crippen molar-refractivity contribution in [2.45, 2.75) is 44.8 Å². The summed E-state index contributed by atoms with van der Waals surface area (Å²) in [6, 6.07) is 7.68. The first-order valence-corrected chi connectivity index (χ1v) is 7.89. The summed E-state index contributed by atoms with van der Waals surface area (Å²) in [4.78, 5) is 10.0. The lowest BCUT2D eigenvalue weighted by atomic mass is 9.97. The first-order chi connectivity index (χ1) is 9.78. The molecule has 110 valence electrons. The number of aromatic nitrogens is 1. The van der Waals surface area contributed by atoms with Gasteiger partial charge < -0.3 is 10.2 Å². The van der Waals surface area contributed by atoms with E-state index in [4.69, 9.17) is 4.98 Å². The van der Waals surface area contributed by atoms with Crippen LogP contribution in [-0.2, 0) is 6.54 Å². The Hall–Kier alpha value is -1.13. The van der Waals surface area contributed by atoms with Gasteiger partial charge in [0.25, 0.3) is 0 Å². The van der Waals surface area contributed by atoms with Gasteiger partial charge in [0.05, 0.1) is 5.69 Å². The van der Waals surface area contributed by atoms with E-state index in [-0.39, 0.29) is 0 Å². The van der Waals surface area contributed by atoms with Crippen molar-refractivity contribution in [3.05, 3.63) is 23.9 Å². The van der Waals surface area contributed by atoms with Gasteiger partial charge in [-0.05, 0) is 45.5 Å². The quantitative estimate of drug-likeness (QED) is 0.912. The van der Waals surface area contributed by atoms with Gasteiger partial charge in [-0.1, -0.05) is 12.5 Å². The fourth-order valence-corrected chi connectivity index (χ4v) is 3.58. The minimum Gasteiger partial charge on any atom is -0.351 e. The summed E-state index contributed by atoms with van der Waals surface area (Å²) in [6.07, 6.45) is 4.11. The van der Waals surface area contributed by atoms with Gasteiger partial charge in [-0.3, -0.25) is 4.90 Å². The minimum atomic E-state index is 0.557. The normalized spacial score (nSPS) is 27.4. The van der Waals surface area contributed by atoms with Crippen LogP contribution >= 0.6 is 0 Å². The fraction of sp³-hybridized carbons (Fsp3) is 0.688. The third-order valence-corrected chi connectivity index (χ3v) is 4.63. The van der Waals surface area contributed by atoms with Gasteiger partial charge in [0.1, 0.15) is 5.82 Å². The van der Waals surface area contributed by atoms with Crippen LogP contribution in [0.2, 0.25) is 0 Å². The molecule has 2 saturated heterocycles. The molecule has 0 amide bonds. The second-order valence-electron chi connectivity index (χ2n) is 6.16. The van der Waals surface area contributed by atoms with Gasteiger partial charge >= 0.3 is 0 Å². The smallest absolute Gasteiger partial charge is 0.129 e. The zero-order chi connectivity index (χ0) is 13.9. The molecule has 2 unspecified atom stereocenters. The monoisotopic (exact) mass is 274 g/mol. The van der Waals surface area contributed by atoms with Crippen molar-refractivity contribution in [1.82, 2.24) is 15.2 Å². The molecule has 3 heterocycles. The van der Waals surface area contributed by atoms with E-state index >= 15 is 0 Å². The molecule has 2 aliphatic rings. The topological polar surface area (TPSA) is 31.4 Å². The Morgan fingerprint density at radius 1 is 1.30 bits per heavy atom. The Bertz CT molecular complexity index is 448. The van der Waals surface area contributed by atoms with E-state index < -0.39 is 0 Å². The van der Waals surface area contributed by atoms with Crippen LogP contribution < -0.4 is 10.2 Å². The average Bonchev–Trinajstić information content (AvgIpc) is 2.47. The second kappa shape index (κ2) is 6.10. The predicted molar refractivity (Wildman–Crippen MR) is 83.0 cm³/mol. The summed E-state index contributed by atoms with van der Waals surface area (Å²) < 4.78 is 0. The lowest BCUT2D eigenvalue weighted by molar-refractivity contribution is 0.115. The Morgan fingerprint density at radius 2 is 2.20 bits per heavy atom. The average molecular weight is 274 g/mol. The van der Waals surface area contributed by atoms with Crippen molar-refractivity contribution in [2.75, 3.05) is 31.6 Å². The SMILES string of the molecule is CNCc1cccc(N2CC3CCCCN3CC2C)n1. The summed E-state index contributed by atoms with van der Waals surface area (Å²) in [7, 11) is 1.97. The highest BCUT2D eigenvalue weighted by Crippen LogP contribution is 2.27. The molecule has 0 bridgehead atoms. The number of rotatable bonds is 3. The van der Waals surface area contributed by atoms with E-state index in [9.17, 15) is 0 Å². The molecule has 0 aromatic carbocycles. The van der Waals surface area contributed by atoms with E-state index in [1.165, 1.54) is 32.4 Å². The van der Waals surface area contributed by atoms with Gasteiger partial charge in [0.2, 0.25) is 0 Å². The Kier molecular flexibility index (Phi) is 4.22. The van der Waals surface area contributed by atoms with E-state index in [0.717, 1.165) is 30.6 Å². The first kappa shape index (κ1) is 13.8. The van der Waals surface area contributed by atoms with Crippen LogP contribution in [-0.4, -0.2) is 48.6 Å². The summed E-state index contributed by atoms with van der Waals surface area (Å²) in [5, 5.41) is 3.18. The van der Waals surface area contributed by atoms with E-state index in [1.807, 2.05) is 7.05 Å². The molecule has 1 aromatic rings. The number of piperidine rings is 1. The maximum absolute atomic E-state index is 4.82. The maximum Gasteiger partial charge on any atom is 0.129 e. The minimum absolute atomic E-state index is 0.557. The number of nitrogens with zero attached hydrogens (tertiary/aromatic N) is 3. The molecule has 0 spiro atoms. The lowest BCUT2D eigenvalue weighted by Gasteiger charge is -2.48. The zero-order valence-corrected chi connectivity index (χ0v) is 12.7. The highest BCUT2D eigenvalue weighted by atomic mass is 15.3. The number of anilines is 1. The van der Waals surface area contributed by atoms with Gasteiger partial charge in [0, 0.05) is 31.7 Å². The number of piperazine rings is 1. The molecule has 2 atom stereocenters. The van der Waals surface area contributed by atoms with Crippen LogP contribution in [0.4, 0.5) is 5.82 Å². The van der Waals surface area contributed by atoms with E-state index in [1.54, 1.807) is 0 Å². The molecule has 4 heteroatoms. The van der Waals surface area contributed by atoms with Crippen LogP contribution in [0.5, 0.6) is 0 Å². The van der Waals surface area contributed by atoms with Crippen LogP contribution in [0.3, 0.4) is 0 Å². The molecule has 0 radical (unpaired) electrons. The molecule has 2 aliphatic heterocycles. The third kappa shape index (κ3) is 2.81. The molecule has 20 heavy (non-hydrogen) atoms. The van der Waals surface area contributed by atoms with Gasteiger partial charge in [-0.2, -0.15) is 0 Å². The van der Waals surface area contributed by atoms with Crippen molar-refractivity contribution < 1.29 is 0 Å². The Balaban J connectivity index is 1.76. The van der Waals surface area contributed by atoms with Gasteiger partial charge in [-0.15, -0.1) is 0 Å². The number of pyridine rings is 1. The lowest BCUT2D eigenvalue weighted by Crippen LogP contribution is -2.59. The zero-order valence-electron chi connectivity index (χ0n) is 12.7. The number of nitrogens with one attached hydrogen (secondary N) is 1. The molecule has 4 nitrogen and oxygen atoms in total. The van der Waals surface area contributed by atoms with Crippen LogP contribution in [0.25, 0.3) is 0 Å². The number of hydrogen-bond acceptors (Lipinski definition) is 4. The highest BCUT2D eigenvalue weighted by Gasteiger charge is 2.33. The van der Waals surface area contributed by atoms with Crippen LogP contribution in [0.1, 0.15) is 31.9 Å². The number of hydrogen-bond donors (Lipinski definition) is 1. The predicted octanol–water partition coefficient (Wildman–Crippen LogP) is 1.86. The molecule has 3 rings (SSSR count). The van der Waals surface area contributed by atoms with E-state index in [2.05, 4.69) is 40.2 Å². The molecule has 0 saturated carbocycles. The maximum atomic E-state index is 4.82. The van der Waals surface area contributed by atoms with Crippen LogP contribution in [0.15, 0.2) is 18.2 Å². The third-order valence-electron chi connectivity index (χ3n) is 4.63. The van der Waals surface area contributed by atoms with Gasteiger partial charge in [-0.25, -0.2) is 4.98 Å². The van der Waals surface area contributed by atoms with Gasteiger partial charge in [0.15, 0.2) is 0 Å². The van der Waals surface area contributed by atoms with Crippen molar-refractivity contribution in [2.24, 2.45) is 0 Å². The van der Waals surface area contributed by atoms with Crippen LogP contribution in [0, 0.1) is 0 Å². The standard InChI is InChI=1S/C16H26N4/c1-13-11-19-9-4-3-7-15(19)12-20(13)16-8-5-6-14(18-16)10-17-2/h5-6,8,13,15,17H,3-4,7,9-12H2,1-2H3. The molecule has 1 N–H and O–H groups in total. The second-order valence-corrected chi connectivity index (χ2v) is 6.16. The summed E-state index contributed by atoms with van der Waals surface area (Å²) in [6.45, 7) is 6.78.